The van der Waals surface area contributed by atoms with Gasteiger partial charge in [-0.2, -0.15) is 0 Å². The first-order valence-electron chi connectivity index (χ1n) is 6.44. The van der Waals surface area contributed by atoms with Gasteiger partial charge in [-0.05, 0) is 43.7 Å². The number of para-hydroxylation sites is 2. The summed E-state index contributed by atoms with van der Waals surface area (Å²) in [7, 11) is 0. The Kier molecular flexibility index (Phi) is 4.39. The summed E-state index contributed by atoms with van der Waals surface area (Å²) in [6.45, 7) is 4.62. The number of hydrogen-bond donors (Lipinski definition) is 1. The van der Waals surface area contributed by atoms with Gasteiger partial charge in [0.1, 0.15) is 11.6 Å². The Balaban J connectivity index is 2.14. The summed E-state index contributed by atoms with van der Waals surface area (Å²) in [6.07, 6.45) is 0. The van der Waals surface area contributed by atoms with Crippen molar-refractivity contribution in [3.63, 3.8) is 0 Å². The zero-order chi connectivity index (χ0) is 13.7. The van der Waals surface area contributed by atoms with Gasteiger partial charge in [0.15, 0.2) is 0 Å². The zero-order valence-electron chi connectivity index (χ0n) is 11.2. The normalized spacial score (nSPS) is 11.9. The third-order valence-corrected chi connectivity index (χ3v) is 2.93. The number of ether oxygens (including phenoxy) is 1. The summed E-state index contributed by atoms with van der Waals surface area (Å²) in [5.74, 6) is 0.615. The van der Waals surface area contributed by atoms with E-state index in [0.29, 0.717) is 6.61 Å². The molecule has 19 heavy (non-hydrogen) atoms. The average molecular weight is 259 g/mol. The van der Waals surface area contributed by atoms with Crippen LogP contribution in [0.1, 0.15) is 25.5 Å². The summed E-state index contributed by atoms with van der Waals surface area (Å²) < 4.78 is 18.5. The van der Waals surface area contributed by atoms with Gasteiger partial charge in [-0.25, -0.2) is 4.39 Å². The van der Waals surface area contributed by atoms with E-state index < -0.39 is 0 Å². The van der Waals surface area contributed by atoms with E-state index >= 15 is 0 Å². The highest BCUT2D eigenvalue weighted by Gasteiger charge is 2.08. The summed E-state index contributed by atoms with van der Waals surface area (Å²) in [4.78, 5) is 0. The molecule has 0 heterocycles. The van der Waals surface area contributed by atoms with Gasteiger partial charge in [-0.3, -0.25) is 0 Å². The van der Waals surface area contributed by atoms with Crippen LogP contribution < -0.4 is 10.1 Å². The standard InChI is InChI=1S/C16H18FNO/c1-3-19-16-7-5-4-6-15(16)18-12(2)13-8-10-14(17)11-9-13/h4-12,18H,3H2,1-2H3. The molecule has 0 bridgehead atoms. The second-order valence-corrected chi connectivity index (χ2v) is 4.35. The summed E-state index contributed by atoms with van der Waals surface area (Å²) in [5, 5.41) is 3.38. The Bertz CT molecular complexity index is 525. The predicted molar refractivity (Wildman–Crippen MR) is 76.0 cm³/mol. The summed E-state index contributed by atoms with van der Waals surface area (Å²) in [5.41, 5.74) is 1.98. The lowest BCUT2D eigenvalue weighted by molar-refractivity contribution is 0.341. The molecule has 0 saturated heterocycles. The lowest BCUT2D eigenvalue weighted by Crippen LogP contribution is -2.08. The maximum Gasteiger partial charge on any atom is 0.142 e. The van der Waals surface area contributed by atoms with Crippen molar-refractivity contribution >= 4 is 5.69 Å². The van der Waals surface area contributed by atoms with Crippen molar-refractivity contribution in [3.8, 4) is 5.75 Å². The van der Waals surface area contributed by atoms with Crippen LogP contribution >= 0.6 is 0 Å². The van der Waals surface area contributed by atoms with E-state index in [1.54, 1.807) is 12.1 Å². The maximum absolute atomic E-state index is 12.9. The highest BCUT2D eigenvalue weighted by atomic mass is 19.1. The third kappa shape index (κ3) is 3.47. The van der Waals surface area contributed by atoms with Gasteiger partial charge >= 0.3 is 0 Å². The van der Waals surface area contributed by atoms with Gasteiger partial charge in [-0.1, -0.05) is 24.3 Å². The number of halogens is 1. The van der Waals surface area contributed by atoms with Gasteiger partial charge in [0.25, 0.3) is 0 Å². The Hall–Kier alpha value is -2.03. The molecule has 2 aromatic carbocycles. The van der Waals surface area contributed by atoms with Crippen molar-refractivity contribution in [2.24, 2.45) is 0 Å². The second-order valence-electron chi connectivity index (χ2n) is 4.35. The largest absolute Gasteiger partial charge is 0.492 e. The number of benzene rings is 2. The number of rotatable bonds is 5. The molecule has 2 aromatic rings. The van der Waals surface area contributed by atoms with E-state index in [4.69, 9.17) is 4.74 Å². The molecule has 100 valence electrons. The molecule has 0 radical (unpaired) electrons. The predicted octanol–water partition coefficient (Wildman–Crippen LogP) is 4.40. The fourth-order valence-corrected chi connectivity index (χ4v) is 1.94. The van der Waals surface area contributed by atoms with Crippen LogP contribution in [0.3, 0.4) is 0 Å². The fourth-order valence-electron chi connectivity index (χ4n) is 1.94. The van der Waals surface area contributed by atoms with Gasteiger partial charge < -0.3 is 10.1 Å². The van der Waals surface area contributed by atoms with E-state index in [2.05, 4.69) is 5.32 Å². The molecule has 1 atom stereocenters. The molecular formula is C16H18FNO. The van der Waals surface area contributed by atoms with Crippen LogP contribution in [0.15, 0.2) is 48.5 Å². The molecule has 0 saturated carbocycles. The van der Waals surface area contributed by atoms with Gasteiger partial charge in [-0.15, -0.1) is 0 Å². The van der Waals surface area contributed by atoms with E-state index in [9.17, 15) is 4.39 Å². The number of hydrogen-bond acceptors (Lipinski definition) is 2. The molecular weight excluding hydrogens is 241 g/mol. The Morgan fingerprint density at radius 2 is 1.79 bits per heavy atom. The van der Waals surface area contributed by atoms with Crippen LogP contribution in [0.2, 0.25) is 0 Å². The Labute approximate surface area is 113 Å². The molecule has 1 unspecified atom stereocenters. The first-order valence-corrected chi connectivity index (χ1v) is 6.44. The summed E-state index contributed by atoms with van der Waals surface area (Å²) >= 11 is 0. The number of nitrogens with one attached hydrogen (secondary N) is 1. The molecule has 1 N–H and O–H groups in total. The first kappa shape index (κ1) is 13.4. The van der Waals surface area contributed by atoms with Gasteiger partial charge in [0.2, 0.25) is 0 Å². The van der Waals surface area contributed by atoms with E-state index in [1.165, 1.54) is 12.1 Å². The maximum atomic E-state index is 12.9. The molecule has 2 rings (SSSR count). The molecule has 0 spiro atoms. The van der Waals surface area contributed by atoms with Crippen LogP contribution in [0.25, 0.3) is 0 Å². The highest BCUT2D eigenvalue weighted by molar-refractivity contribution is 5.57. The SMILES string of the molecule is CCOc1ccccc1NC(C)c1ccc(F)cc1. The molecule has 0 fully saturated rings. The van der Waals surface area contributed by atoms with Crippen molar-refractivity contribution in [2.45, 2.75) is 19.9 Å². The Morgan fingerprint density at radius 3 is 2.47 bits per heavy atom. The minimum absolute atomic E-state index is 0.0854. The van der Waals surface area contributed by atoms with Gasteiger partial charge in [0.05, 0.1) is 12.3 Å². The number of anilines is 1. The monoisotopic (exact) mass is 259 g/mol. The van der Waals surface area contributed by atoms with E-state index in [-0.39, 0.29) is 11.9 Å². The van der Waals surface area contributed by atoms with Crippen molar-refractivity contribution in [3.05, 3.63) is 59.9 Å². The quantitative estimate of drug-likeness (QED) is 0.859. The lowest BCUT2D eigenvalue weighted by Gasteiger charge is -2.18. The van der Waals surface area contributed by atoms with E-state index in [1.807, 2.05) is 38.1 Å². The van der Waals surface area contributed by atoms with Crippen molar-refractivity contribution in [1.29, 1.82) is 0 Å². The minimum Gasteiger partial charge on any atom is -0.492 e. The van der Waals surface area contributed by atoms with Crippen molar-refractivity contribution in [2.75, 3.05) is 11.9 Å². The van der Waals surface area contributed by atoms with Crippen molar-refractivity contribution in [1.82, 2.24) is 0 Å². The van der Waals surface area contributed by atoms with Crippen molar-refractivity contribution < 1.29 is 9.13 Å². The highest BCUT2D eigenvalue weighted by Crippen LogP contribution is 2.28. The topological polar surface area (TPSA) is 21.3 Å². The molecule has 0 aromatic heterocycles. The average Bonchev–Trinajstić information content (AvgIpc) is 2.42. The smallest absolute Gasteiger partial charge is 0.142 e. The molecule has 0 aliphatic carbocycles. The zero-order valence-corrected chi connectivity index (χ0v) is 11.2. The van der Waals surface area contributed by atoms with E-state index in [0.717, 1.165) is 17.0 Å². The lowest BCUT2D eigenvalue weighted by atomic mass is 10.1. The first-order chi connectivity index (χ1) is 9.20. The molecule has 0 aliphatic heterocycles. The molecule has 3 heteroatoms. The summed E-state index contributed by atoms with van der Waals surface area (Å²) in [6, 6.07) is 14.4. The fraction of sp³-hybridized carbons (Fsp3) is 0.250. The van der Waals surface area contributed by atoms with Crippen LogP contribution in [-0.4, -0.2) is 6.61 Å². The van der Waals surface area contributed by atoms with Crippen LogP contribution in [0.5, 0.6) is 5.75 Å². The molecule has 0 aliphatic rings. The van der Waals surface area contributed by atoms with Crippen LogP contribution in [0.4, 0.5) is 10.1 Å². The Morgan fingerprint density at radius 1 is 1.11 bits per heavy atom. The second kappa shape index (κ2) is 6.23. The molecule has 2 nitrogen and oxygen atoms in total. The van der Waals surface area contributed by atoms with Crippen LogP contribution in [0, 0.1) is 5.82 Å². The third-order valence-electron chi connectivity index (χ3n) is 2.93. The van der Waals surface area contributed by atoms with Gasteiger partial charge in [0, 0.05) is 6.04 Å². The molecule has 0 amide bonds. The van der Waals surface area contributed by atoms with Crippen LogP contribution in [-0.2, 0) is 0 Å². The minimum atomic E-state index is -0.217.